The summed E-state index contributed by atoms with van der Waals surface area (Å²) in [6, 6.07) is 0. The first kappa shape index (κ1) is 8.92. The smallest absolute Gasteiger partial charge is 0.0529 e. The van der Waals surface area contributed by atoms with Crippen LogP contribution in [0, 0.1) is 0 Å². The van der Waals surface area contributed by atoms with Crippen molar-refractivity contribution in [3.63, 3.8) is 0 Å². The Morgan fingerprint density at radius 1 is 1.56 bits per heavy atom. The number of nitrogens with one attached hydrogen (secondary N) is 1. The zero-order valence-corrected chi connectivity index (χ0v) is 6.73. The van der Waals surface area contributed by atoms with Crippen molar-refractivity contribution < 1.29 is 5.11 Å². The highest BCUT2D eigenvalue weighted by Gasteiger charge is 2.16. The summed E-state index contributed by atoms with van der Waals surface area (Å²) in [5.74, 6) is 0. The van der Waals surface area contributed by atoms with E-state index in [-0.39, 0.29) is 11.6 Å². The highest BCUT2D eigenvalue weighted by Crippen LogP contribution is 2.09. The van der Waals surface area contributed by atoms with Crippen LogP contribution >= 0.6 is 0 Å². The third kappa shape index (κ3) is 4.43. The second-order valence-electron chi connectivity index (χ2n) is 3.19. The summed E-state index contributed by atoms with van der Waals surface area (Å²) < 4.78 is 0. The van der Waals surface area contributed by atoms with Crippen molar-refractivity contribution in [3.05, 3.63) is 0 Å². The van der Waals surface area contributed by atoms with Gasteiger partial charge in [-0.15, -0.1) is 0 Å². The Kier molecular flexibility index (Phi) is 3.15. The van der Waals surface area contributed by atoms with Crippen molar-refractivity contribution in [1.82, 2.24) is 5.32 Å². The molecule has 2 N–H and O–H groups in total. The SMILES string of the molecule is CNC(C)(C)CC(C)O. The van der Waals surface area contributed by atoms with Crippen molar-refractivity contribution in [1.29, 1.82) is 0 Å². The van der Waals surface area contributed by atoms with E-state index >= 15 is 0 Å². The van der Waals surface area contributed by atoms with Crippen LogP contribution in [0.1, 0.15) is 27.2 Å². The van der Waals surface area contributed by atoms with E-state index in [1.54, 1.807) is 6.92 Å². The van der Waals surface area contributed by atoms with Crippen LogP contribution < -0.4 is 5.32 Å². The molecule has 0 aromatic carbocycles. The Morgan fingerprint density at radius 2 is 2.00 bits per heavy atom. The maximum atomic E-state index is 8.98. The predicted molar refractivity (Wildman–Crippen MR) is 39.4 cm³/mol. The van der Waals surface area contributed by atoms with Gasteiger partial charge in [-0.25, -0.2) is 0 Å². The Bertz CT molecular complexity index is 79.0. The summed E-state index contributed by atoms with van der Waals surface area (Å²) in [6.45, 7) is 5.94. The Balaban J connectivity index is 3.58. The van der Waals surface area contributed by atoms with Crippen LogP contribution in [0.3, 0.4) is 0 Å². The minimum atomic E-state index is -0.215. The van der Waals surface area contributed by atoms with Crippen LogP contribution in [-0.4, -0.2) is 23.8 Å². The van der Waals surface area contributed by atoms with Gasteiger partial charge in [-0.3, -0.25) is 0 Å². The number of hydrogen-bond acceptors (Lipinski definition) is 2. The standard InChI is InChI=1S/C7H17NO/c1-6(9)5-7(2,3)8-4/h6,8-9H,5H2,1-4H3. The summed E-state index contributed by atoms with van der Waals surface area (Å²) in [7, 11) is 1.91. The predicted octanol–water partition coefficient (Wildman–Crippen LogP) is 0.755. The van der Waals surface area contributed by atoms with Gasteiger partial charge in [0.1, 0.15) is 0 Å². The van der Waals surface area contributed by atoms with Crippen LogP contribution in [0.4, 0.5) is 0 Å². The third-order valence-electron chi connectivity index (χ3n) is 1.48. The van der Waals surface area contributed by atoms with E-state index in [4.69, 9.17) is 5.11 Å². The normalized spacial score (nSPS) is 15.7. The molecule has 1 atom stereocenters. The number of rotatable bonds is 3. The third-order valence-corrected chi connectivity index (χ3v) is 1.48. The molecule has 2 heteroatoms. The van der Waals surface area contributed by atoms with Gasteiger partial charge in [0, 0.05) is 5.54 Å². The molecule has 9 heavy (non-hydrogen) atoms. The van der Waals surface area contributed by atoms with E-state index in [1.807, 2.05) is 7.05 Å². The van der Waals surface area contributed by atoms with Crippen LogP contribution in [0.2, 0.25) is 0 Å². The first-order valence-electron chi connectivity index (χ1n) is 3.35. The van der Waals surface area contributed by atoms with Gasteiger partial charge in [0.15, 0.2) is 0 Å². The lowest BCUT2D eigenvalue weighted by molar-refractivity contribution is 0.148. The first-order chi connectivity index (χ1) is 3.98. The minimum Gasteiger partial charge on any atom is -0.393 e. The summed E-state index contributed by atoms with van der Waals surface area (Å²) in [5.41, 5.74) is 0.0637. The average molecular weight is 131 g/mol. The van der Waals surface area contributed by atoms with E-state index in [2.05, 4.69) is 19.2 Å². The molecule has 0 fully saturated rings. The van der Waals surface area contributed by atoms with Crippen molar-refractivity contribution in [2.45, 2.75) is 38.8 Å². The molecule has 0 aromatic rings. The molecule has 2 nitrogen and oxygen atoms in total. The average Bonchev–Trinajstić information content (AvgIpc) is 1.63. The van der Waals surface area contributed by atoms with E-state index in [9.17, 15) is 0 Å². The molecule has 0 amide bonds. The first-order valence-corrected chi connectivity index (χ1v) is 3.35. The molecular formula is C7H17NO. The van der Waals surface area contributed by atoms with Gasteiger partial charge in [-0.1, -0.05) is 0 Å². The fourth-order valence-electron chi connectivity index (χ4n) is 0.841. The zero-order chi connectivity index (χ0) is 7.49. The monoisotopic (exact) mass is 131 g/mol. The minimum absolute atomic E-state index is 0.0637. The molecule has 0 spiro atoms. The second kappa shape index (κ2) is 3.18. The second-order valence-corrected chi connectivity index (χ2v) is 3.19. The van der Waals surface area contributed by atoms with Gasteiger partial charge >= 0.3 is 0 Å². The molecule has 0 aromatic heterocycles. The van der Waals surface area contributed by atoms with Crippen LogP contribution in [0.25, 0.3) is 0 Å². The van der Waals surface area contributed by atoms with Crippen molar-refractivity contribution >= 4 is 0 Å². The largest absolute Gasteiger partial charge is 0.393 e. The molecule has 0 saturated carbocycles. The van der Waals surface area contributed by atoms with Gasteiger partial charge in [-0.05, 0) is 34.2 Å². The van der Waals surface area contributed by atoms with E-state index < -0.39 is 0 Å². The van der Waals surface area contributed by atoms with Crippen molar-refractivity contribution in [3.8, 4) is 0 Å². The lowest BCUT2D eigenvalue weighted by atomic mass is 9.98. The quantitative estimate of drug-likeness (QED) is 0.592. The highest BCUT2D eigenvalue weighted by atomic mass is 16.3. The van der Waals surface area contributed by atoms with E-state index in [0.29, 0.717) is 0 Å². The molecule has 0 radical (unpaired) electrons. The Labute approximate surface area is 57.3 Å². The highest BCUT2D eigenvalue weighted by molar-refractivity contribution is 4.76. The van der Waals surface area contributed by atoms with Crippen molar-refractivity contribution in [2.75, 3.05) is 7.05 Å². The van der Waals surface area contributed by atoms with Crippen LogP contribution in [0.15, 0.2) is 0 Å². The molecule has 0 aliphatic heterocycles. The molecule has 0 aliphatic rings. The summed E-state index contributed by atoms with van der Waals surface area (Å²) >= 11 is 0. The summed E-state index contributed by atoms with van der Waals surface area (Å²) in [5, 5.41) is 12.1. The van der Waals surface area contributed by atoms with Gasteiger partial charge in [-0.2, -0.15) is 0 Å². The Morgan fingerprint density at radius 3 is 2.11 bits per heavy atom. The zero-order valence-electron chi connectivity index (χ0n) is 6.73. The maximum absolute atomic E-state index is 8.98. The molecule has 0 rings (SSSR count). The molecule has 0 saturated heterocycles. The summed E-state index contributed by atoms with van der Waals surface area (Å²) in [6.07, 6.45) is 0.580. The van der Waals surface area contributed by atoms with Gasteiger partial charge in [0.25, 0.3) is 0 Å². The molecule has 1 unspecified atom stereocenters. The molecular weight excluding hydrogens is 114 g/mol. The fraction of sp³-hybridized carbons (Fsp3) is 1.00. The molecule has 56 valence electrons. The van der Waals surface area contributed by atoms with Crippen LogP contribution in [-0.2, 0) is 0 Å². The number of aliphatic hydroxyl groups is 1. The fourth-order valence-corrected chi connectivity index (χ4v) is 0.841. The van der Waals surface area contributed by atoms with E-state index in [1.165, 1.54) is 0 Å². The molecule has 0 heterocycles. The topological polar surface area (TPSA) is 32.3 Å². The van der Waals surface area contributed by atoms with Gasteiger partial charge in [0.05, 0.1) is 6.10 Å². The van der Waals surface area contributed by atoms with Crippen molar-refractivity contribution in [2.24, 2.45) is 0 Å². The lowest BCUT2D eigenvalue weighted by Gasteiger charge is -2.25. The number of hydrogen-bond donors (Lipinski definition) is 2. The van der Waals surface area contributed by atoms with Gasteiger partial charge < -0.3 is 10.4 Å². The molecule has 0 aliphatic carbocycles. The van der Waals surface area contributed by atoms with Crippen LogP contribution in [0.5, 0.6) is 0 Å². The molecule has 0 bridgehead atoms. The lowest BCUT2D eigenvalue weighted by Crippen LogP contribution is -2.38. The van der Waals surface area contributed by atoms with Gasteiger partial charge in [0.2, 0.25) is 0 Å². The maximum Gasteiger partial charge on any atom is 0.0529 e. The Hall–Kier alpha value is -0.0800. The number of aliphatic hydroxyl groups excluding tert-OH is 1. The van der Waals surface area contributed by atoms with E-state index in [0.717, 1.165) is 6.42 Å². The summed E-state index contributed by atoms with van der Waals surface area (Å²) in [4.78, 5) is 0.